The zero-order valence-corrected chi connectivity index (χ0v) is 22.2. The van der Waals surface area contributed by atoms with Crippen LogP contribution in [0, 0.1) is 12.3 Å². The van der Waals surface area contributed by atoms with E-state index in [0.717, 1.165) is 28.8 Å². The van der Waals surface area contributed by atoms with Crippen LogP contribution < -0.4 is 10.6 Å². The van der Waals surface area contributed by atoms with Crippen molar-refractivity contribution in [2.24, 2.45) is 5.41 Å². The van der Waals surface area contributed by atoms with Gasteiger partial charge in [-0.3, -0.25) is 4.79 Å². The van der Waals surface area contributed by atoms with Crippen molar-refractivity contribution in [2.75, 3.05) is 24.7 Å². The summed E-state index contributed by atoms with van der Waals surface area (Å²) < 4.78 is 14.7. The number of carbonyl (C=O) groups excluding carboxylic acids is 1. The third kappa shape index (κ3) is 5.35. The SMILES string of the molecule is Cc1ccc([C@H](Nc2nsnc2Nc2ccc(C(C)(C)C)c(C(=O)N(C)C)c2O)C(C)(C)C)o1. The number of benzene rings is 1. The van der Waals surface area contributed by atoms with Crippen molar-refractivity contribution in [2.45, 2.75) is 59.9 Å². The van der Waals surface area contributed by atoms with E-state index in [2.05, 4.69) is 40.2 Å². The lowest BCUT2D eigenvalue weighted by molar-refractivity contribution is 0.0822. The van der Waals surface area contributed by atoms with Crippen molar-refractivity contribution in [1.29, 1.82) is 0 Å². The maximum absolute atomic E-state index is 13.0. The van der Waals surface area contributed by atoms with Gasteiger partial charge in [-0.25, -0.2) is 0 Å². The molecule has 0 spiro atoms. The molecular formula is C25H35N5O3S. The molecule has 0 saturated heterocycles. The van der Waals surface area contributed by atoms with Crippen molar-refractivity contribution in [3.8, 4) is 5.75 Å². The highest BCUT2D eigenvalue weighted by atomic mass is 32.1. The number of hydrogen-bond donors (Lipinski definition) is 3. The first-order chi connectivity index (χ1) is 15.7. The number of aromatic hydroxyl groups is 1. The molecule has 3 aromatic rings. The van der Waals surface area contributed by atoms with Gasteiger partial charge in [0.15, 0.2) is 17.4 Å². The second kappa shape index (κ2) is 9.29. The molecule has 0 aliphatic heterocycles. The molecule has 1 aromatic carbocycles. The molecule has 0 radical (unpaired) electrons. The maximum atomic E-state index is 13.0. The quantitative estimate of drug-likeness (QED) is 0.363. The number of nitrogens with zero attached hydrogens (tertiary/aromatic N) is 3. The normalized spacial score (nSPS) is 13.0. The number of nitrogens with one attached hydrogen (secondary N) is 2. The fourth-order valence-electron chi connectivity index (χ4n) is 3.71. The molecule has 0 bridgehead atoms. The largest absolute Gasteiger partial charge is 0.505 e. The minimum atomic E-state index is -0.326. The molecule has 3 rings (SSSR count). The van der Waals surface area contributed by atoms with Gasteiger partial charge in [0.1, 0.15) is 11.5 Å². The van der Waals surface area contributed by atoms with Crippen LogP contribution in [0.1, 0.15) is 75.0 Å². The zero-order valence-electron chi connectivity index (χ0n) is 21.4. The molecule has 0 unspecified atom stereocenters. The molecule has 1 atom stereocenters. The number of phenols is 1. The molecule has 8 nitrogen and oxygen atoms in total. The van der Waals surface area contributed by atoms with Crippen LogP contribution in [0.4, 0.5) is 17.3 Å². The van der Waals surface area contributed by atoms with Crippen LogP contribution in [0.25, 0.3) is 0 Å². The predicted molar refractivity (Wildman–Crippen MR) is 137 cm³/mol. The summed E-state index contributed by atoms with van der Waals surface area (Å²) in [5, 5.41) is 17.8. The highest BCUT2D eigenvalue weighted by Crippen LogP contribution is 2.41. The fraction of sp³-hybridized carbons (Fsp3) is 0.480. The van der Waals surface area contributed by atoms with Gasteiger partial charge in [0, 0.05) is 14.1 Å². The number of carbonyl (C=O) groups is 1. The van der Waals surface area contributed by atoms with Gasteiger partial charge in [0.25, 0.3) is 5.91 Å². The maximum Gasteiger partial charge on any atom is 0.257 e. The Kier molecular flexibility index (Phi) is 6.98. The smallest absolute Gasteiger partial charge is 0.257 e. The van der Waals surface area contributed by atoms with Crippen molar-refractivity contribution in [3.63, 3.8) is 0 Å². The molecule has 9 heteroatoms. The van der Waals surface area contributed by atoms with E-state index in [1.165, 1.54) is 4.90 Å². The van der Waals surface area contributed by atoms with Gasteiger partial charge >= 0.3 is 0 Å². The Morgan fingerprint density at radius 2 is 1.71 bits per heavy atom. The second-order valence-corrected chi connectivity index (χ2v) is 11.3. The Hall–Kier alpha value is -3.07. The van der Waals surface area contributed by atoms with E-state index in [0.29, 0.717) is 17.3 Å². The van der Waals surface area contributed by atoms with Gasteiger partial charge in [-0.15, -0.1) is 0 Å². The first-order valence-electron chi connectivity index (χ1n) is 11.2. The number of anilines is 3. The van der Waals surface area contributed by atoms with Crippen molar-refractivity contribution in [1.82, 2.24) is 13.6 Å². The van der Waals surface area contributed by atoms with E-state index in [1.54, 1.807) is 20.2 Å². The van der Waals surface area contributed by atoms with Gasteiger partial charge in [-0.2, -0.15) is 8.75 Å². The number of furan rings is 1. The lowest BCUT2D eigenvalue weighted by Crippen LogP contribution is -2.26. The van der Waals surface area contributed by atoms with Gasteiger partial charge in [0.2, 0.25) is 0 Å². The summed E-state index contributed by atoms with van der Waals surface area (Å²) in [5.74, 6) is 2.27. The predicted octanol–water partition coefficient (Wildman–Crippen LogP) is 6.09. The van der Waals surface area contributed by atoms with E-state index in [9.17, 15) is 9.90 Å². The Morgan fingerprint density at radius 3 is 2.24 bits per heavy atom. The second-order valence-electron chi connectivity index (χ2n) is 10.8. The molecule has 2 aromatic heterocycles. The van der Waals surface area contributed by atoms with E-state index in [1.807, 2.05) is 45.9 Å². The van der Waals surface area contributed by atoms with Crippen molar-refractivity contribution >= 4 is 35.0 Å². The summed E-state index contributed by atoms with van der Waals surface area (Å²) in [6.07, 6.45) is 0. The van der Waals surface area contributed by atoms with Crippen molar-refractivity contribution in [3.05, 3.63) is 46.9 Å². The minimum absolute atomic E-state index is 0.112. The van der Waals surface area contributed by atoms with Crippen LogP contribution in [-0.2, 0) is 5.41 Å². The Morgan fingerprint density at radius 1 is 1.06 bits per heavy atom. The lowest BCUT2D eigenvalue weighted by Gasteiger charge is -2.30. The van der Waals surface area contributed by atoms with Crippen LogP contribution in [-0.4, -0.2) is 38.8 Å². The number of amides is 1. The average Bonchev–Trinajstić information content (AvgIpc) is 3.33. The number of phenolic OH excluding ortho intramolecular Hbond substituents is 1. The molecular weight excluding hydrogens is 450 g/mol. The summed E-state index contributed by atoms with van der Waals surface area (Å²) in [4.78, 5) is 14.4. The fourth-order valence-corrected chi connectivity index (χ4v) is 4.19. The van der Waals surface area contributed by atoms with E-state index in [4.69, 9.17) is 4.42 Å². The molecule has 184 valence electrons. The van der Waals surface area contributed by atoms with Crippen LogP contribution in [0.2, 0.25) is 0 Å². The molecule has 0 fully saturated rings. The molecule has 0 aliphatic rings. The summed E-state index contributed by atoms with van der Waals surface area (Å²) in [5.41, 5.74) is 0.930. The Labute approximate surface area is 205 Å². The van der Waals surface area contributed by atoms with Gasteiger partial charge in [-0.1, -0.05) is 47.6 Å². The zero-order chi connectivity index (χ0) is 25.4. The molecule has 34 heavy (non-hydrogen) atoms. The summed E-state index contributed by atoms with van der Waals surface area (Å²) >= 11 is 1.05. The topological polar surface area (TPSA) is 104 Å². The third-order valence-corrected chi connectivity index (χ3v) is 6.07. The highest BCUT2D eigenvalue weighted by Gasteiger charge is 2.31. The monoisotopic (exact) mass is 485 g/mol. The molecule has 1 amide bonds. The summed E-state index contributed by atoms with van der Waals surface area (Å²) in [6.45, 7) is 14.3. The van der Waals surface area contributed by atoms with Crippen LogP contribution in [0.5, 0.6) is 5.75 Å². The average molecular weight is 486 g/mol. The van der Waals surface area contributed by atoms with Gasteiger partial charge < -0.3 is 25.1 Å². The molecule has 0 saturated carbocycles. The van der Waals surface area contributed by atoms with E-state index in [-0.39, 0.29) is 34.1 Å². The number of aryl methyl sites for hydroxylation is 1. The minimum Gasteiger partial charge on any atom is -0.505 e. The summed E-state index contributed by atoms with van der Waals surface area (Å²) in [7, 11) is 3.34. The molecule has 3 N–H and O–H groups in total. The standard InChI is InChI=1S/C25H35N5O3S/c1-14-10-13-17(33-14)20(25(5,6)7)27-22-21(28-34-29-22)26-16-12-11-15(24(2,3)4)18(19(16)31)23(32)30(8)9/h10-13,20,31H,1-9H3,(H,26,28)(H,27,29)/t20-/m0/s1. The van der Waals surface area contributed by atoms with Crippen molar-refractivity contribution < 1.29 is 14.3 Å². The molecule has 0 aliphatic carbocycles. The van der Waals surface area contributed by atoms with E-state index < -0.39 is 0 Å². The number of rotatable bonds is 6. The lowest BCUT2D eigenvalue weighted by atomic mass is 9.82. The van der Waals surface area contributed by atoms with Crippen LogP contribution in [0.3, 0.4) is 0 Å². The Bertz CT molecular complexity index is 1170. The Balaban J connectivity index is 1.99. The first-order valence-corrected chi connectivity index (χ1v) is 11.9. The van der Waals surface area contributed by atoms with Crippen LogP contribution in [0.15, 0.2) is 28.7 Å². The number of aromatic nitrogens is 2. The number of hydrogen-bond acceptors (Lipinski definition) is 8. The van der Waals surface area contributed by atoms with Crippen LogP contribution >= 0.6 is 11.7 Å². The van der Waals surface area contributed by atoms with Gasteiger partial charge in [0.05, 0.1) is 29.0 Å². The van der Waals surface area contributed by atoms with E-state index >= 15 is 0 Å². The summed E-state index contributed by atoms with van der Waals surface area (Å²) in [6, 6.07) is 7.37. The first kappa shape index (κ1) is 25.6. The third-order valence-electron chi connectivity index (χ3n) is 5.54. The highest BCUT2D eigenvalue weighted by molar-refractivity contribution is 6.99. The van der Waals surface area contributed by atoms with Gasteiger partial charge in [-0.05, 0) is 41.5 Å². The molecule has 2 heterocycles.